The molecule has 5 rings (SSSR count). The van der Waals surface area contributed by atoms with Crippen molar-refractivity contribution in [3.8, 4) is 0 Å². The molecule has 0 bridgehead atoms. The first-order valence-electron chi connectivity index (χ1n) is 10.2. The minimum Gasteiger partial charge on any atom is -0.383 e. The number of hydrogen-bond donors (Lipinski definition) is 1. The van der Waals surface area contributed by atoms with Gasteiger partial charge in [-0.2, -0.15) is 0 Å². The molecule has 3 heterocycles. The Morgan fingerprint density at radius 2 is 2.00 bits per heavy atom. The Morgan fingerprint density at radius 3 is 2.87 bits per heavy atom. The molecule has 154 valence electrons. The fraction of sp³-hybridized carbons (Fsp3) is 0.304. The number of thiophene rings is 1. The Labute approximate surface area is 185 Å². The topological polar surface area (TPSA) is 58.3 Å². The molecule has 0 unspecified atom stereocenters. The zero-order valence-corrected chi connectivity index (χ0v) is 18.5. The smallest absolute Gasteiger partial charge is 0.134 e. The van der Waals surface area contributed by atoms with Gasteiger partial charge in [-0.25, -0.2) is 9.97 Å². The summed E-state index contributed by atoms with van der Waals surface area (Å²) in [6, 6.07) is 15.2. The minimum atomic E-state index is 0.506. The first-order valence-corrected chi connectivity index (χ1v) is 11.4. The van der Waals surface area contributed by atoms with E-state index < -0.39 is 0 Å². The van der Waals surface area contributed by atoms with E-state index in [9.17, 15) is 0 Å². The van der Waals surface area contributed by atoms with E-state index in [1.807, 2.05) is 23.5 Å². The van der Waals surface area contributed by atoms with Crippen LogP contribution in [-0.4, -0.2) is 45.4 Å². The number of hydrogen-bond acceptors (Lipinski definition) is 6. The molecule has 2 aromatic heterocycles. The van der Waals surface area contributed by atoms with E-state index in [-0.39, 0.29) is 0 Å². The van der Waals surface area contributed by atoms with Crippen LogP contribution in [0.5, 0.6) is 0 Å². The van der Waals surface area contributed by atoms with Gasteiger partial charge in [0, 0.05) is 58.8 Å². The van der Waals surface area contributed by atoms with Crippen LogP contribution in [0.25, 0.3) is 21.0 Å². The van der Waals surface area contributed by atoms with Crippen molar-refractivity contribution < 1.29 is 0 Å². The van der Waals surface area contributed by atoms with E-state index in [0.29, 0.717) is 11.9 Å². The SMILES string of the molecule is C[C@@H]1CN(Cc2ccc3c(N)ncnc3c2)CCN1Cc1cc2cc(Cl)ccc2s1. The van der Waals surface area contributed by atoms with Crippen LogP contribution in [0.4, 0.5) is 5.82 Å². The Bertz CT molecular complexity index is 1210. The summed E-state index contributed by atoms with van der Waals surface area (Å²) in [4.78, 5) is 14.9. The van der Waals surface area contributed by atoms with Gasteiger partial charge in [-0.15, -0.1) is 11.3 Å². The lowest BCUT2D eigenvalue weighted by Gasteiger charge is -2.39. The third-order valence-electron chi connectivity index (χ3n) is 5.88. The van der Waals surface area contributed by atoms with Crippen LogP contribution in [0.1, 0.15) is 17.4 Å². The molecule has 0 radical (unpaired) electrons. The minimum absolute atomic E-state index is 0.506. The molecule has 2 N–H and O–H groups in total. The second-order valence-corrected chi connectivity index (χ2v) is 9.66. The van der Waals surface area contributed by atoms with Gasteiger partial charge in [-0.05, 0) is 54.3 Å². The Hall–Kier alpha value is -2.25. The maximum absolute atomic E-state index is 6.14. The van der Waals surface area contributed by atoms with Gasteiger partial charge in [-0.3, -0.25) is 9.80 Å². The zero-order chi connectivity index (χ0) is 20.7. The number of anilines is 1. The maximum atomic E-state index is 6.14. The molecule has 1 fully saturated rings. The maximum Gasteiger partial charge on any atom is 0.134 e. The number of nitrogens with zero attached hydrogens (tertiary/aromatic N) is 4. The Kier molecular flexibility index (Phi) is 5.33. The van der Waals surface area contributed by atoms with Crippen molar-refractivity contribution in [3.05, 3.63) is 64.3 Å². The molecular formula is C23H24ClN5S. The van der Waals surface area contributed by atoms with Gasteiger partial charge in [0.25, 0.3) is 0 Å². The Balaban J connectivity index is 1.24. The summed E-state index contributed by atoms with van der Waals surface area (Å²) in [5.74, 6) is 0.539. The standard InChI is InChI=1S/C23H24ClN5S/c1-15-11-28(12-16-2-4-20-21(8-16)26-14-27-23(20)25)6-7-29(15)13-19-10-17-9-18(24)3-5-22(17)30-19/h2-5,8-10,14-15H,6-7,11-13H2,1H3,(H2,25,26,27)/t15-/m1/s1. The van der Waals surface area contributed by atoms with Gasteiger partial charge >= 0.3 is 0 Å². The molecular weight excluding hydrogens is 414 g/mol. The molecule has 0 aliphatic carbocycles. The molecule has 1 aliphatic heterocycles. The molecule has 0 saturated carbocycles. The van der Waals surface area contributed by atoms with Crippen LogP contribution >= 0.6 is 22.9 Å². The number of nitrogens with two attached hydrogens (primary N) is 1. The summed E-state index contributed by atoms with van der Waals surface area (Å²) in [6.07, 6.45) is 1.53. The number of rotatable bonds is 4. The molecule has 0 amide bonds. The second kappa shape index (κ2) is 8.12. The zero-order valence-electron chi connectivity index (χ0n) is 16.9. The first-order chi connectivity index (χ1) is 14.5. The van der Waals surface area contributed by atoms with Crippen molar-refractivity contribution >= 4 is 49.7 Å². The molecule has 2 aromatic carbocycles. The third kappa shape index (κ3) is 4.01. The lowest BCUT2D eigenvalue weighted by molar-refractivity contribution is 0.0741. The molecule has 1 aliphatic rings. The predicted octanol–water partition coefficient (Wildman–Crippen LogP) is 4.79. The highest BCUT2D eigenvalue weighted by Crippen LogP contribution is 2.30. The lowest BCUT2D eigenvalue weighted by Crippen LogP contribution is -2.50. The molecule has 30 heavy (non-hydrogen) atoms. The summed E-state index contributed by atoms with van der Waals surface area (Å²) in [5.41, 5.74) is 8.13. The average molecular weight is 438 g/mol. The van der Waals surface area contributed by atoms with Crippen LogP contribution in [-0.2, 0) is 13.1 Å². The van der Waals surface area contributed by atoms with Gasteiger partial charge in [0.1, 0.15) is 12.1 Å². The first kappa shape index (κ1) is 19.7. The van der Waals surface area contributed by atoms with E-state index >= 15 is 0 Å². The van der Waals surface area contributed by atoms with Crippen molar-refractivity contribution in [2.45, 2.75) is 26.1 Å². The molecule has 5 nitrogen and oxygen atoms in total. The van der Waals surface area contributed by atoms with Gasteiger partial charge in [0.15, 0.2) is 0 Å². The van der Waals surface area contributed by atoms with Crippen LogP contribution in [0.3, 0.4) is 0 Å². The van der Waals surface area contributed by atoms with E-state index in [2.05, 4.69) is 57.0 Å². The van der Waals surface area contributed by atoms with Crippen molar-refractivity contribution in [1.29, 1.82) is 0 Å². The third-order valence-corrected chi connectivity index (χ3v) is 7.21. The van der Waals surface area contributed by atoms with Gasteiger partial charge < -0.3 is 5.73 Å². The number of piperazine rings is 1. The van der Waals surface area contributed by atoms with E-state index in [1.165, 1.54) is 26.9 Å². The van der Waals surface area contributed by atoms with Crippen molar-refractivity contribution in [2.24, 2.45) is 0 Å². The molecule has 1 atom stereocenters. The summed E-state index contributed by atoms with van der Waals surface area (Å²) in [6.45, 7) is 7.44. The van der Waals surface area contributed by atoms with E-state index in [1.54, 1.807) is 0 Å². The Morgan fingerprint density at radius 1 is 1.10 bits per heavy atom. The molecule has 7 heteroatoms. The van der Waals surface area contributed by atoms with Crippen LogP contribution < -0.4 is 5.73 Å². The van der Waals surface area contributed by atoms with Crippen LogP contribution in [0.15, 0.2) is 48.8 Å². The van der Waals surface area contributed by atoms with E-state index in [0.717, 1.165) is 48.6 Å². The quantitative estimate of drug-likeness (QED) is 0.497. The highest BCUT2D eigenvalue weighted by molar-refractivity contribution is 7.19. The van der Waals surface area contributed by atoms with Crippen molar-refractivity contribution in [1.82, 2.24) is 19.8 Å². The van der Waals surface area contributed by atoms with Crippen LogP contribution in [0.2, 0.25) is 5.02 Å². The normalized spacial score (nSPS) is 18.4. The molecule has 1 saturated heterocycles. The van der Waals surface area contributed by atoms with Gasteiger partial charge in [-0.1, -0.05) is 17.7 Å². The summed E-state index contributed by atoms with van der Waals surface area (Å²) in [5, 5.41) is 2.97. The summed E-state index contributed by atoms with van der Waals surface area (Å²) in [7, 11) is 0. The number of halogens is 1. The summed E-state index contributed by atoms with van der Waals surface area (Å²) >= 11 is 8.01. The van der Waals surface area contributed by atoms with Gasteiger partial charge in [0.2, 0.25) is 0 Å². The summed E-state index contributed by atoms with van der Waals surface area (Å²) < 4.78 is 1.31. The molecule has 4 aromatic rings. The number of aromatic nitrogens is 2. The highest BCUT2D eigenvalue weighted by Gasteiger charge is 2.24. The van der Waals surface area contributed by atoms with Crippen molar-refractivity contribution in [3.63, 3.8) is 0 Å². The van der Waals surface area contributed by atoms with Crippen LogP contribution in [0, 0.1) is 0 Å². The fourth-order valence-corrected chi connectivity index (χ4v) is 5.53. The van der Waals surface area contributed by atoms with Crippen molar-refractivity contribution in [2.75, 3.05) is 25.4 Å². The highest BCUT2D eigenvalue weighted by atomic mass is 35.5. The molecule has 0 spiro atoms. The number of fused-ring (bicyclic) bond motifs is 2. The average Bonchev–Trinajstić information content (AvgIpc) is 3.12. The monoisotopic (exact) mass is 437 g/mol. The number of benzene rings is 2. The second-order valence-electron chi connectivity index (χ2n) is 8.06. The lowest BCUT2D eigenvalue weighted by atomic mass is 10.1. The fourth-order valence-electron chi connectivity index (χ4n) is 4.28. The van der Waals surface area contributed by atoms with E-state index in [4.69, 9.17) is 17.3 Å². The predicted molar refractivity (Wildman–Crippen MR) is 126 cm³/mol. The van der Waals surface area contributed by atoms with Gasteiger partial charge in [0.05, 0.1) is 5.52 Å². The number of nitrogen functional groups attached to an aromatic ring is 1. The largest absolute Gasteiger partial charge is 0.383 e.